The summed E-state index contributed by atoms with van der Waals surface area (Å²) in [6.45, 7) is 7.29. The average molecular weight is 405 g/mol. The van der Waals surface area contributed by atoms with Crippen LogP contribution in [0, 0.1) is 12.8 Å². The van der Waals surface area contributed by atoms with Crippen LogP contribution in [0.25, 0.3) is 0 Å². The molecule has 1 unspecified atom stereocenters. The predicted octanol–water partition coefficient (Wildman–Crippen LogP) is 5.35. The highest BCUT2D eigenvalue weighted by Gasteiger charge is 2.27. The third-order valence-electron chi connectivity index (χ3n) is 6.98. The molecular weight excluding hydrogens is 368 g/mol. The molecule has 3 heteroatoms. The summed E-state index contributed by atoms with van der Waals surface area (Å²) in [5.74, 6) is 0.389. The zero-order chi connectivity index (χ0) is 20.9. The average Bonchev–Trinajstić information content (AvgIpc) is 2.79. The van der Waals surface area contributed by atoms with Gasteiger partial charge in [0.1, 0.15) is 0 Å². The van der Waals surface area contributed by atoms with Crippen LogP contribution in [0.15, 0.2) is 42.5 Å². The number of hydrogen-bond donors (Lipinski definition) is 1. The Balaban J connectivity index is 1.30. The van der Waals surface area contributed by atoms with Gasteiger partial charge in [0.05, 0.1) is 6.04 Å². The third-order valence-corrected chi connectivity index (χ3v) is 6.98. The molecule has 1 atom stereocenters. The van der Waals surface area contributed by atoms with Crippen LogP contribution in [0.4, 0.5) is 0 Å². The molecule has 4 rings (SSSR count). The molecule has 160 valence electrons. The van der Waals surface area contributed by atoms with Crippen LogP contribution in [0.2, 0.25) is 0 Å². The third kappa shape index (κ3) is 5.13. The normalized spacial score (nSPS) is 18.6. The van der Waals surface area contributed by atoms with Gasteiger partial charge in [0.2, 0.25) is 5.91 Å². The molecule has 1 amide bonds. The molecule has 1 saturated heterocycles. The lowest BCUT2D eigenvalue weighted by atomic mass is 9.88. The van der Waals surface area contributed by atoms with Crippen molar-refractivity contribution in [3.8, 4) is 0 Å². The van der Waals surface area contributed by atoms with Crippen molar-refractivity contribution in [2.24, 2.45) is 5.92 Å². The molecule has 0 aromatic heterocycles. The standard InChI is InChI=1S/C27H36N2O/c1-3-26(25-13-12-22-6-4-5-7-24(22)18-25)28-27(30)23-14-16-29(17-15-23)19-21-10-8-20(2)9-11-21/h8-13,18,23,26H,3-7,14-17,19H2,1-2H3,(H,28,30). The summed E-state index contributed by atoms with van der Waals surface area (Å²) >= 11 is 0. The minimum Gasteiger partial charge on any atom is -0.349 e. The maximum Gasteiger partial charge on any atom is 0.223 e. The first-order valence-corrected chi connectivity index (χ1v) is 11.8. The van der Waals surface area contributed by atoms with E-state index in [2.05, 4.69) is 66.5 Å². The van der Waals surface area contributed by atoms with Gasteiger partial charge in [-0.25, -0.2) is 0 Å². The van der Waals surface area contributed by atoms with Gasteiger partial charge in [-0.2, -0.15) is 0 Å². The topological polar surface area (TPSA) is 32.3 Å². The van der Waals surface area contributed by atoms with Crippen LogP contribution in [0.1, 0.15) is 72.9 Å². The number of carbonyl (C=O) groups excluding carboxylic acids is 1. The van der Waals surface area contributed by atoms with Crippen molar-refractivity contribution in [3.63, 3.8) is 0 Å². The van der Waals surface area contributed by atoms with Crippen molar-refractivity contribution >= 4 is 5.91 Å². The van der Waals surface area contributed by atoms with Crippen molar-refractivity contribution in [2.75, 3.05) is 13.1 Å². The van der Waals surface area contributed by atoms with Gasteiger partial charge < -0.3 is 5.32 Å². The molecule has 0 bridgehead atoms. The van der Waals surface area contributed by atoms with Gasteiger partial charge in [-0.15, -0.1) is 0 Å². The molecule has 2 aliphatic rings. The van der Waals surface area contributed by atoms with Gasteiger partial charge in [0, 0.05) is 12.5 Å². The fraction of sp³-hybridized carbons (Fsp3) is 0.519. The van der Waals surface area contributed by atoms with Crippen molar-refractivity contribution in [3.05, 3.63) is 70.3 Å². The van der Waals surface area contributed by atoms with Crippen LogP contribution in [-0.4, -0.2) is 23.9 Å². The van der Waals surface area contributed by atoms with Gasteiger partial charge >= 0.3 is 0 Å². The minimum absolute atomic E-state index is 0.135. The number of likely N-dealkylation sites (tertiary alicyclic amines) is 1. The molecule has 1 fully saturated rings. The number of hydrogen-bond acceptors (Lipinski definition) is 2. The molecule has 1 aliphatic heterocycles. The number of aryl methyl sites for hydroxylation is 3. The van der Waals surface area contributed by atoms with E-state index < -0.39 is 0 Å². The Bertz CT molecular complexity index is 850. The quantitative estimate of drug-likeness (QED) is 0.703. The van der Waals surface area contributed by atoms with Gasteiger partial charge in [-0.3, -0.25) is 9.69 Å². The number of fused-ring (bicyclic) bond motifs is 1. The van der Waals surface area contributed by atoms with E-state index in [-0.39, 0.29) is 17.9 Å². The second-order valence-corrected chi connectivity index (χ2v) is 9.24. The molecular formula is C27H36N2O. The second-order valence-electron chi connectivity index (χ2n) is 9.24. The fourth-order valence-electron chi connectivity index (χ4n) is 4.99. The summed E-state index contributed by atoms with van der Waals surface area (Å²) in [5.41, 5.74) is 6.95. The van der Waals surface area contributed by atoms with E-state index in [0.717, 1.165) is 38.9 Å². The summed E-state index contributed by atoms with van der Waals surface area (Å²) in [6, 6.07) is 15.8. The SMILES string of the molecule is CCC(NC(=O)C1CCN(Cc2ccc(C)cc2)CC1)c1ccc2c(c1)CCCC2. The predicted molar refractivity (Wildman–Crippen MR) is 123 cm³/mol. The van der Waals surface area contributed by atoms with E-state index in [1.54, 1.807) is 0 Å². The van der Waals surface area contributed by atoms with E-state index in [4.69, 9.17) is 0 Å². The first-order valence-electron chi connectivity index (χ1n) is 11.8. The molecule has 1 N–H and O–H groups in total. The number of rotatable bonds is 6. The highest BCUT2D eigenvalue weighted by Crippen LogP contribution is 2.27. The van der Waals surface area contributed by atoms with Crippen LogP contribution in [0.3, 0.4) is 0 Å². The zero-order valence-corrected chi connectivity index (χ0v) is 18.6. The molecule has 2 aromatic rings. The van der Waals surface area contributed by atoms with Crippen LogP contribution < -0.4 is 5.32 Å². The Morgan fingerprint density at radius 1 is 1.03 bits per heavy atom. The highest BCUT2D eigenvalue weighted by molar-refractivity contribution is 5.79. The van der Waals surface area contributed by atoms with Gasteiger partial charge in [0.25, 0.3) is 0 Å². The second kappa shape index (κ2) is 9.78. The van der Waals surface area contributed by atoms with E-state index in [1.165, 1.54) is 53.5 Å². The van der Waals surface area contributed by atoms with Crippen LogP contribution in [0.5, 0.6) is 0 Å². The molecule has 1 heterocycles. The summed E-state index contributed by atoms with van der Waals surface area (Å²) in [6.07, 6.45) is 7.85. The number of nitrogens with zero attached hydrogens (tertiary/aromatic N) is 1. The molecule has 3 nitrogen and oxygen atoms in total. The first kappa shape index (κ1) is 21.1. The van der Waals surface area contributed by atoms with Crippen LogP contribution in [-0.2, 0) is 24.2 Å². The molecule has 30 heavy (non-hydrogen) atoms. The zero-order valence-electron chi connectivity index (χ0n) is 18.6. The summed E-state index contributed by atoms with van der Waals surface area (Å²) < 4.78 is 0. The number of benzene rings is 2. The summed E-state index contributed by atoms with van der Waals surface area (Å²) in [7, 11) is 0. The van der Waals surface area contributed by atoms with Crippen molar-refractivity contribution in [1.29, 1.82) is 0 Å². The minimum atomic E-state index is 0.135. The molecule has 0 saturated carbocycles. The molecule has 2 aromatic carbocycles. The van der Waals surface area contributed by atoms with Gasteiger partial charge in [-0.05, 0) is 87.2 Å². The Labute approximate surface area is 181 Å². The van der Waals surface area contributed by atoms with Crippen LogP contribution >= 0.6 is 0 Å². The molecule has 0 spiro atoms. The van der Waals surface area contributed by atoms with Gasteiger partial charge in [-0.1, -0.05) is 55.0 Å². The highest BCUT2D eigenvalue weighted by atomic mass is 16.1. The molecule has 0 radical (unpaired) electrons. The maximum absolute atomic E-state index is 13.0. The van der Waals surface area contributed by atoms with E-state index in [9.17, 15) is 4.79 Å². The van der Waals surface area contributed by atoms with Crippen molar-refractivity contribution < 1.29 is 4.79 Å². The van der Waals surface area contributed by atoms with Crippen molar-refractivity contribution in [2.45, 2.75) is 71.4 Å². The number of piperidine rings is 1. The lowest BCUT2D eigenvalue weighted by Crippen LogP contribution is -2.41. The molecule has 1 aliphatic carbocycles. The van der Waals surface area contributed by atoms with E-state index >= 15 is 0 Å². The van der Waals surface area contributed by atoms with E-state index in [1.807, 2.05) is 0 Å². The lowest BCUT2D eigenvalue weighted by Gasteiger charge is -2.32. The maximum atomic E-state index is 13.0. The smallest absolute Gasteiger partial charge is 0.223 e. The van der Waals surface area contributed by atoms with Crippen molar-refractivity contribution in [1.82, 2.24) is 10.2 Å². The lowest BCUT2D eigenvalue weighted by molar-refractivity contribution is -0.127. The number of nitrogens with one attached hydrogen (secondary N) is 1. The number of amides is 1. The monoisotopic (exact) mass is 404 g/mol. The van der Waals surface area contributed by atoms with Gasteiger partial charge in [0.15, 0.2) is 0 Å². The first-order chi connectivity index (χ1) is 14.6. The Kier molecular flexibility index (Phi) is 6.89. The Hall–Kier alpha value is -2.13. The Morgan fingerprint density at radius 2 is 1.73 bits per heavy atom. The van der Waals surface area contributed by atoms with E-state index in [0.29, 0.717) is 0 Å². The Morgan fingerprint density at radius 3 is 2.43 bits per heavy atom. The summed E-state index contributed by atoms with van der Waals surface area (Å²) in [4.78, 5) is 15.5. The fourth-order valence-corrected chi connectivity index (χ4v) is 4.99. The largest absolute Gasteiger partial charge is 0.349 e. The number of carbonyl (C=O) groups is 1. The summed E-state index contributed by atoms with van der Waals surface area (Å²) in [5, 5.41) is 3.37.